The first-order valence-corrected chi connectivity index (χ1v) is 18.1. The summed E-state index contributed by atoms with van der Waals surface area (Å²) in [5.74, 6) is -8.51. The lowest BCUT2D eigenvalue weighted by Crippen LogP contribution is -2.53. The van der Waals surface area contributed by atoms with Crippen molar-refractivity contribution < 1.29 is 47.4 Å². The number of para-hydroxylation sites is 1. The Bertz CT molecular complexity index is 2100. The molecule has 0 radical (unpaired) electrons. The number of hydrazine groups is 1. The third-order valence-corrected chi connectivity index (χ3v) is 11.7. The smallest absolute Gasteiger partial charge is 0.417 e. The molecule has 2 saturated heterocycles. The Morgan fingerprint density at radius 1 is 0.963 bits per heavy atom. The molecule has 4 aliphatic rings. The zero-order chi connectivity index (χ0) is 38.7. The Morgan fingerprint density at radius 3 is 2.35 bits per heavy atom. The average molecular weight is 786 g/mol. The van der Waals surface area contributed by atoms with E-state index in [1.807, 2.05) is 6.08 Å². The molecule has 1 saturated carbocycles. The highest BCUT2D eigenvalue weighted by atomic mass is 35.5. The summed E-state index contributed by atoms with van der Waals surface area (Å²) in [6, 6.07) is 13.2. The Kier molecular flexibility index (Phi) is 9.71. The standard InChI is InChI=1S/C38H33Cl2F3N4O7/c39-21-11-9-19(10-12-21)37-26(34(52)47(36(37)54)45-32-27(40)16-20(18-44-32)38(41,42)43)17-25-22(31(37)23-6-3-4-7-28(23)48)13-14-24-30(25)35(53)46(33(24)51)15-5-1-2-8-29(49)50/h3-4,6-7,9-13,16,18,24-26,30-31,48H,1-2,5,8,14-15,17H2,(H,44,45)(H,49,50). The second-order valence-electron chi connectivity index (χ2n) is 14.0. The number of anilines is 1. The molecule has 3 N–H and O–H groups in total. The molecule has 2 aliphatic heterocycles. The Labute approximate surface area is 316 Å². The number of carbonyl (C=O) groups is 5. The molecule has 11 nitrogen and oxygen atoms in total. The summed E-state index contributed by atoms with van der Waals surface area (Å²) in [4.78, 5) is 73.7. The van der Waals surface area contributed by atoms with Crippen molar-refractivity contribution in [1.29, 1.82) is 0 Å². The van der Waals surface area contributed by atoms with Gasteiger partial charge in [-0.15, -0.1) is 0 Å². The van der Waals surface area contributed by atoms with Gasteiger partial charge in [0.1, 0.15) is 5.75 Å². The van der Waals surface area contributed by atoms with Gasteiger partial charge in [0.25, 0.3) is 11.8 Å². The van der Waals surface area contributed by atoms with Crippen LogP contribution in [0.15, 0.2) is 72.4 Å². The van der Waals surface area contributed by atoms with E-state index < -0.39 is 75.5 Å². The third kappa shape index (κ3) is 6.08. The van der Waals surface area contributed by atoms with E-state index >= 15 is 4.79 Å². The van der Waals surface area contributed by atoms with Gasteiger partial charge >= 0.3 is 12.1 Å². The van der Waals surface area contributed by atoms with Crippen molar-refractivity contribution in [2.75, 3.05) is 12.0 Å². The van der Waals surface area contributed by atoms with Crippen LogP contribution in [-0.4, -0.2) is 61.2 Å². The molecule has 6 unspecified atom stereocenters. The first-order chi connectivity index (χ1) is 25.7. The number of benzene rings is 2. The fourth-order valence-corrected chi connectivity index (χ4v) is 9.20. The molecule has 16 heteroatoms. The van der Waals surface area contributed by atoms with Crippen molar-refractivity contribution in [3.05, 3.63) is 99.2 Å². The van der Waals surface area contributed by atoms with Crippen molar-refractivity contribution in [2.24, 2.45) is 23.7 Å². The SMILES string of the molecule is O=C(O)CCCCCN1C(=O)C2CC=C3C(CC4C(=O)N(Nc5ncc(C(F)(F)F)cc5Cl)C(=O)C4(c4ccc(Cl)cc4)C3c3ccccc3O)C2C1=O. The van der Waals surface area contributed by atoms with E-state index in [4.69, 9.17) is 28.3 Å². The number of allylic oxidation sites excluding steroid dienone is 2. The van der Waals surface area contributed by atoms with E-state index in [-0.39, 0.29) is 48.8 Å². The van der Waals surface area contributed by atoms with Crippen LogP contribution in [0.2, 0.25) is 10.0 Å². The topological polar surface area (TPSA) is 157 Å². The molecular formula is C38H33Cl2F3N4O7. The second kappa shape index (κ2) is 14.0. The molecule has 2 aliphatic carbocycles. The number of alkyl halides is 3. The van der Waals surface area contributed by atoms with Crippen molar-refractivity contribution in [3.8, 4) is 5.75 Å². The summed E-state index contributed by atoms with van der Waals surface area (Å²) in [6.07, 6.45) is -1.09. The molecule has 282 valence electrons. The van der Waals surface area contributed by atoms with E-state index in [1.54, 1.807) is 42.5 Å². The van der Waals surface area contributed by atoms with Crippen LogP contribution in [0.1, 0.15) is 61.1 Å². The number of hydrogen-bond acceptors (Lipinski definition) is 8. The van der Waals surface area contributed by atoms with E-state index in [9.17, 15) is 37.5 Å². The normalized spacial score (nSPS) is 26.4. The molecule has 7 rings (SSSR count). The maximum absolute atomic E-state index is 15.2. The summed E-state index contributed by atoms with van der Waals surface area (Å²) in [6.45, 7) is 0.101. The monoisotopic (exact) mass is 784 g/mol. The maximum atomic E-state index is 15.2. The van der Waals surface area contributed by atoms with Gasteiger partial charge in [0.05, 0.1) is 33.8 Å². The molecule has 3 fully saturated rings. The highest BCUT2D eigenvalue weighted by Crippen LogP contribution is 2.65. The fraction of sp³-hybridized carbons (Fsp3) is 0.368. The number of amides is 4. The number of fused-ring (bicyclic) bond motifs is 4. The van der Waals surface area contributed by atoms with E-state index in [2.05, 4.69) is 10.4 Å². The minimum Gasteiger partial charge on any atom is -0.508 e. The number of nitrogens with one attached hydrogen (secondary N) is 1. The van der Waals surface area contributed by atoms with Crippen molar-refractivity contribution in [1.82, 2.24) is 14.9 Å². The van der Waals surface area contributed by atoms with Crippen LogP contribution in [0.3, 0.4) is 0 Å². The molecule has 2 aromatic carbocycles. The second-order valence-corrected chi connectivity index (χ2v) is 14.9. The number of imide groups is 2. The maximum Gasteiger partial charge on any atom is 0.417 e. The predicted octanol–water partition coefficient (Wildman–Crippen LogP) is 6.74. The number of carboxylic acid groups (broad SMARTS) is 1. The lowest BCUT2D eigenvalue weighted by molar-refractivity contribution is -0.141. The number of pyridine rings is 1. The number of aromatic nitrogens is 1. The number of rotatable bonds is 10. The minimum atomic E-state index is -4.76. The van der Waals surface area contributed by atoms with Crippen LogP contribution in [0.25, 0.3) is 0 Å². The van der Waals surface area contributed by atoms with Crippen LogP contribution in [0, 0.1) is 23.7 Å². The van der Waals surface area contributed by atoms with Crippen LogP contribution in [0.4, 0.5) is 19.0 Å². The van der Waals surface area contributed by atoms with Gasteiger partial charge in [0.15, 0.2) is 5.82 Å². The van der Waals surface area contributed by atoms with Crippen LogP contribution in [0.5, 0.6) is 5.75 Å². The zero-order valence-electron chi connectivity index (χ0n) is 28.4. The number of likely N-dealkylation sites (tertiary alicyclic amines) is 1. The summed E-state index contributed by atoms with van der Waals surface area (Å²) in [7, 11) is 0. The number of phenolic OH excluding ortho intramolecular Hbond substituents is 1. The molecule has 6 atom stereocenters. The quantitative estimate of drug-likeness (QED) is 0.115. The lowest BCUT2D eigenvalue weighted by Gasteiger charge is -2.50. The number of nitrogens with zero attached hydrogens (tertiary/aromatic N) is 3. The van der Waals surface area contributed by atoms with Gasteiger partial charge in [0.2, 0.25) is 11.8 Å². The van der Waals surface area contributed by atoms with E-state index in [0.29, 0.717) is 52.7 Å². The van der Waals surface area contributed by atoms with Gasteiger partial charge in [0, 0.05) is 35.7 Å². The molecule has 4 amide bonds. The molecule has 3 heterocycles. The number of halogens is 5. The van der Waals surface area contributed by atoms with Crippen molar-refractivity contribution in [2.45, 2.75) is 56.0 Å². The number of carboxylic acids is 1. The number of aliphatic carboxylic acids is 1. The number of phenols is 1. The molecule has 0 spiro atoms. The Morgan fingerprint density at radius 2 is 1.69 bits per heavy atom. The third-order valence-electron chi connectivity index (χ3n) is 11.2. The van der Waals surface area contributed by atoms with Gasteiger partial charge in [-0.05, 0) is 61.4 Å². The Hall–Kier alpha value is -4.95. The summed E-state index contributed by atoms with van der Waals surface area (Å²) in [5, 5.41) is 20.9. The first kappa shape index (κ1) is 37.4. The molecular weight excluding hydrogens is 752 g/mol. The van der Waals surface area contributed by atoms with Crippen molar-refractivity contribution in [3.63, 3.8) is 0 Å². The lowest BCUT2D eigenvalue weighted by atomic mass is 9.49. The van der Waals surface area contributed by atoms with Crippen LogP contribution < -0.4 is 5.43 Å². The molecule has 0 bridgehead atoms. The van der Waals surface area contributed by atoms with Gasteiger partial charge in [-0.25, -0.2) is 4.98 Å². The number of hydrogen-bond donors (Lipinski definition) is 3. The van der Waals surface area contributed by atoms with E-state index in [1.165, 1.54) is 11.0 Å². The van der Waals surface area contributed by atoms with Gasteiger partial charge in [-0.1, -0.05) is 71.6 Å². The number of unbranched alkanes of at least 4 members (excludes halogenated alkanes) is 2. The van der Waals surface area contributed by atoms with Gasteiger partial charge < -0.3 is 10.2 Å². The average Bonchev–Trinajstić information content (AvgIpc) is 3.49. The number of aromatic hydroxyl groups is 1. The first-order valence-electron chi connectivity index (χ1n) is 17.3. The summed E-state index contributed by atoms with van der Waals surface area (Å²) < 4.78 is 40.3. The van der Waals surface area contributed by atoms with E-state index in [0.717, 1.165) is 0 Å². The van der Waals surface area contributed by atoms with Gasteiger partial charge in [-0.2, -0.15) is 18.2 Å². The molecule has 1 aromatic heterocycles. The summed E-state index contributed by atoms with van der Waals surface area (Å²) in [5.41, 5.74) is 0.885. The largest absolute Gasteiger partial charge is 0.508 e. The highest BCUT2D eigenvalue weighted by Gasteiger charge is 2.70. The highest BCUT2D eigenvalue weighted by molar-refractivity contribution is 6.33. The Balaban J connectivity index is 1.34. The molecule has 54 heavy (non-hydrogen) atoms. The van der Waals surface area contributed by atoms with Gasteiger partial charge in [-0.3, -0.25) is 34.3 Å². The van der Waals surface area contributed by atoms with Crippen molar-refractivity contribution >= 4 is 58.6 Å². The van der Waals surface area contributed by atoms with Crippen LogP contribution in [-0.2, 0) is 35.6 Å². The summed E-state index contributed by atoms with van der Waals surface area (Å²) >= 11 is 12.5. The fourth-order valence-electron chi connectivity index (χ4n) is 8.87. The van der Waals surface area contributed by atoms with Crippen LogP contribution >= 0.6 is 23.2 Å². The number of carbonyl (C=O) groups excluding carboxylic acids is 4. The minimum absolute atomic E-state index is 0.0350. The molecule has 3 aromatic rings. The zero-order valence-corrected chi connectivity index (χ0v) is 29.9. The predicted molar refractivity (Wildman–Crippen MR) is 188 cm³/mol.